The van der Waals surface area contributed by atoms with Crippen molar-refractivity contribution in [1.82, 2.24) is 14.3 Å². The molecule has 0 spiro atoms. The molecule has 5 nitrogen and oxygen atoms in total. The Balaban J connectivity index is 2.26. The lowest BCUT2D eigenvalue weighted by Gasteiger charge is -2.23. The molecule has 0 radical (unpaired) electrons. The zero-order valence-corrected chi connectivity index (χ0v) is 12.8. The number of rotatable bonds is 6. The van der Waals surface area contributed by atoms with Crippen LogP contribution in [-0.2, 0) is 6.54 Å². The molecule has 0 atom stereocenters. The zero-order valence-electron chi connectivity index (χ0n) is 12.1. The fourth-order valence-corrected chi connectivity index (χ4v) is 2.36. The van der Waals surface area contributed by atoms with Gasteiger partial charge in [0.15, 0.2) is 0 Å². The summed E-state index contributed by atoms with van der Waals surface area (Å²) in [5.74, 6) is 0. The quantitative estimate of drug-likeness (QED) is 0.867. The van der Waals surface area contributed by atoms with Crippen molar-refractivity contribution in [2.45, 2.75) is 19.1 Å². The number of alkyl halides is 3. The van der Waals surface area contributed by atoms with Crippen molar-refractivity contribution in [3.05, 3.63) is 45.5 Å². The van der Waals surface area contributed by atoms with E-state index in [0.717, 1.165) is 4.90 Å². The standard InChI is InChI=1S/C14H15ClF3N3O2/c15-10-2-3-12-19-11(6-13(23)21(12)7-10)8-20(4-1-5-22)9-14(16,17)18/h2-3,6-7,22H,1,4-5,8-9H2. The molecule has 0 amide bonds. The molecule has 0 aliphatic heterocycles. The second-order valence-corrected chi connectivity index (χ2v) is 5.50. The molecule has 2 aromatic heterocycles. The highest BCUT2D eigenvalue weighted by atomic mass is 35.5. The molecule has 2 heterocycles. The number of nitrogens with zero attached hydrogens (tertiary/aromatic N) is 3. The van der Waals surface area contributed by atoms with Crippen LogP contribution in [-0.4, -0.2) is 45.3 Å². The van der Waals surface area contributed by atoms with Crippen molar-refractivity contribution in [3.8, 4) is 0 Å². The molecule has 0 bridgehead atoms. The van der Waals surface area contributed by atoms with Crippen LogP contribution in [0, 0.1) is 0 Å². The Kier molecular flexibility index (Phi) is 5.61. The second kappa shape index (κ2) is 7.29. The van der Waals surface area contributed by atoms with Gasteiger partial charge in [0.2, 0.25) is 0 Å². The molecule has 0 saturated heterocycles. The number of hydrogen-bond acceptors (Lipinski definition) is 4. The molecule has 0 saturated carbocycles. The number of pyridine rings is 1. The van der Waals surface area contributed by atoms with Gasteiger partial charge in [-0.25, -0.2) is 4.98 Å². The lowest BCUT2D eigenvalue weighted by Crippen LogP contribution is -2.35. The molecule has 0 fully saturated rings. The van der Waals surface area contributed by atoms with Crippen LogP contribution in [0.25, 0.3) is 5.65 Å². The summed E-state index contributed by atoms with van der Waals surface area (Å²) in [7, 11) is 0. The van der Waals surface area contributed by atoms with E-state index in [1.807, 2.05) is 0 Å². The van der Waals surface area contributed by atoms with Gasteiger partial charge in [-0.1, -0.05) is 11.6 Å². The average Bonchev–Trinajstić information content (AvgIpc) is 2.44. The maximum absolute atomic E-state index is 12.6. The monoisotopic (exact) mass is 349 g/mol. The van der Waals surface area contributed by atoms with Gasteiger partial charge in [0.05, 0.1) is 17.3 Å². The largest absolute Gasteiger partial charge is 0.401 e. The molecule has 126 valence electrons. The van der Waals surface area contributed by atoms with Crippen LogP contribution in [0.15, 0.2) is 29.2 Å². The van der Waals surface area contributed by atoms with Gasteiger partial charge in [-0.05, 0) is 18.6 Å². The van der Waals surface area contributed by atoms with Gasteiger partial charge in [0.1, 0.15) is 5.65 Å². The van der Waals surface area contributed by atoms with Crippen molar-refractivity contribution >= 4 is 17.2 Å². The van der Waals surface area contributed by atoms with E-state index >= 15 is 0 Å². The van der Waals surface area contributed by atoms with E-state index in [1.165, 1.54) is 22.7 Å². The Bertz CT molecular complexity index is 733. The first-order chi connectivity index (χ1) is 10.8. The summed E-state index contributed by atoms with van der Waals surface area (Å²) in [5, 5.41) is 9.16. The molecular weight excluding hydrogens is 335 g/mol. The maximum Gasteiger partial charge on any atom is 0.401 e. The smallest absolute Gasteiger partial charge is 0.396 e. The number of aliphatic hydroxyl groups excluding tert-OH is 1. The van der Waals surface area contributed by atoms with Crippen LogP contribution < -0.4 is 5.56 Å². The predicted molar refractivity (Wildman–Crippen MR) is 79.5 cm³/mol. The van der Waals surface area contributed by atoms with E-state index in [2.05, 4.69) is 4.98 Å². The van der Waals surface area contributed by atoms with Crippen molar-refractivity contribution in [2.24, 2.45) is 0 Å². The summed E-state index contributed by atoms with van der Waals surface area (Å²) in [6, 6.07) is 4.26. The predicted octanol–water partition coefficient (Wildman–Crippen LogP) is 2.09. The summed E-state index contributed by atoms with van der Waals surface area (Å²) >= 11 is 5.80. The normalized spacial score (nSPS) is 12.3. The first-order valence-corrected chi connectivity index (χ1v) is 7.24. The first kappa shape index (κ1) is 17.7. The van der Waals surface area contributed by atoms with Crippen molar-refractivity contribution in [3.63, 3.8) is 0 Å². The zero-order chi connectivity index (χ0) is 17.0. The van der Waals surface area contributed by atoms with Gasteiger partial charge in [0.25, 0.3) is 5.56 Å². The Morgan fingerprint density at radius 2 is 2.09 bits per heavy atom. The van der Waals surface area contributed by atoms with Gasteiger partial charge in [-0.2, -0.15) is 13.2 Å². The number of aromatic nitrogens is 2. The van der Waals surface area contributed by atoms with Crippen molar-refractivity contribution in [2.75, 3.05) is 19.7 Å². The number of fused-ring (bicyclic) bond motifs is 1. The summed E-state index contributed by atoms with van der Waals surface area (Å²) in [4.78, 5) is 17.3. The van der Waals surface area contributed by atoms with Crippen molar-refractivity contribution < 1.29 is 18.3 Å². The van der Waals surface area contributed by atoms with E-state index in [1.54, 1.807) is 6.07 Å². The Morgan fingerprint density at radius 3 is 2.74 bits per heavy atom. The van der Waals surface area contributed by atoms with Crippen LogP contribution >= 0.6 is 11.6 Å². The van der Waals surface area contributed by atoms with E-state index in [9.17, 15) is 18.0 Å². The van der Waals surface area contributed by atoms with E-state index in [0.29, 0.717) is 10.7 Å². The molecule has 0 unspecified atom stereocenters. The third-order valence-electron chi connectivity index (χ3n) is 3.10. The molecule has 1 N–H and O–H groups in total. The van der Waals surface area contributed by atoms with Gasteiger partial charge < -0.3 is 5.11 Å². The molecule has 0 aliphatic carbocycles. The Labute approximate surface area is 134 Å². The lowest BCUT2D eigenvalue weighted by atomic mass is 10.3. The lowest BCUT2D eigenvalue weighted by molar-refractivity contribution is -0.147. The van der Waals surface area contributed by atoms with Crippen LogP contribution in [0.2, 0.25) is 5.02 Å². The molecule has 0 aliphatic rings. The third kappa shape index (κ3) is 5.19. The van der Waals surface area contributed by atoms with Crippen LogP contribution in [0.3, 0.4) is 0 Å². The van der Waals surface area contributed by atoms with Gasteiger partial charge in [0, 0.05) is 32.0 Å². The van der Waals surface area contributed by atoms with Gasteiger partial charge in [-0.3, -0.25) is 14.1 Å². The SMILES string of the molecule is O=c1cc(CN(CCCO)CC(F)(F)F)nc2ccc(Cl)cn12. The highest BCUT2D eigenvalue weighted by Gasteiger charge is 2.30. The summed E-state index contributed by atoms with van der Waals surface area (Å²) in [6.45, 7) is -1.42. The van der Waals surface area contributed by atoms with E-state index < -0.39 is 18.3 Å². The Hall–Kier alpha value is -1.64. The van der Waals surface area contributed by atoms with E-state index in [-0.39, 0.29) is 31.8 Å². The minimum absolute atomic E-state index is 0.0533. The van der Waals surface area contributed by atoms with Crippen LogP contribution in [0.5, 0.6) is 0 Å². The van der Waals surface area contributed by atoms with Crippen LogP contribution in [0.1, 0.15) is 12.1 Å². The third-order valence-corrected chi connectivity index (χ3v) is 3.32. The number of hydrogen-bond donors (Lipinski definition) is 1. The molecular formula is C14H15ClF3N3O2. The van der Waals surface area contributed by atoms with Gasteiger partial charge >= 0.3 is 6.18 Å². The minimum atomic E-state index is -4.37. The first-order valence-electron chi connectivity index (χ1n) is 6.86. The Morgan fingerprint density at radius 1 is 1.35 bits per heavy atom. The van der Waals surface area contributed by atoms with Crippen LogP contribution in [0.4, 0.5) is 13.2 Å². The highest BCUT2D eigenvalue weighted by Crippen LogP contribution is 2.18. The summed E-state index contributed by atoms with van der Waals surface area (Å²) in [5.41, 5.74) is 0.132. The summed E-state index contributed by atoms with van der Waals surface area (Å²) in [6.07, 6.45) is -2.76. The fourth-order valence-electron chi connectivity index (χ4n) is 2.20. The molecule has 2 rings (SSSR count). The number of aliphatic hydroxyl groups is 1. The second-order valence-electron chi connectivity index (χ2n) is 5.06. The fraction of sp³-hybridized carbons (Fsp3) is 0.429. The number of halogens is 4. The average molecular weight is 350 g/mol. The minimum Gasteiger partial charge on any atom is -0.396 e. The molecule has 23 heavy (non-hydrogen) atoms. The highest BCUT2D eigenvalue weighted by molar-refractivity contribution is 6.30. The molecule has 0 aromatic carbocycles. The maximum atomic E-state index is 12.6. The summed E-state index contributed by atoms with van der Waals surface area (Å²) < 4.78 is 39.1. The van der Waals surface area contributed by atoms with E-state index in [4.69, 9.17) is 16.7 Å². The van der Waals surface area contributed by atoms with Crippen molar-refractivity contribution in [1.29, 1.82) is 0 Å². The van der Waals surface area contributed by atoms with Gasteiger partial charge in [-0.15, -0.1) is 0 Å². The molecule has 2 aromatic rings. The molecule has 9 heteroatoms. The topological polar surface area (TPSA) is 57.8 Å².